The molecule has 1 atom stereocenters. The fourth-order valence-electron chi connectivity index (χ4n) is 2.60. The van der Waals surface area contributed by atoms with Crippen LogP contribution in [0.2, 0.25) is 0 Å². The zero-order valence-corrected chi connectivity index (χ0v) is 16.6. The van der Waals surface area contributed by atoms with Gasteiger partial charge in [-0.05, 0) is 41.8 Å². The lowest BCUT2D eigenvalue weighted by Crippen LogP contribution is -2.20. The van der Waals surface area contributed by atoms with Crippen molar-refractivity contribution in [2.24, 2.45) is 5.92 Å². The van der Waals surface area contributed by atoms with Crippen molar-refractivity contribution in [1.82, 2.24) is 0 Å². The van der Waals surface area contributed by atoms with Crippen molar-refractivity contribution in [1.29, 1.82) is 0 Å². The minimum absolute atomic E-state index is 0.0944. The van der Waals surface area contributed by atoms with Gasteiger partial charge in [0.1, 0.15) is 0 Å². The predicted octanol–water partition coefficient (Wildman–Crippen LogP) is 4.29. The van der Waals surface area contributed by atoms with Crippen LogP contribution in [0.5, 0.6) is 0 Å². The first-order chi connectivity index (χ1) is 12.3. The van der Waals surface area contributed by atoms with Crippen LogP contribution in [0.15, 0.2) is 52.3 Å². The molecule has 0 fully saturated rings. The van der Waals surface area contributed by atoms with Gasteiger partial charge in [-0.3, -0.25) is 9.52 Å². The molecule has 1 amide bonds. The largest absolute Gasteiger partial charge is 0.325 e. The highest BCUT2D eigenvalue weighted by atomic mass is 32.2. The van der Waals surface area contributed by atoms with Crippen molar-refractivity contribution >= 4 is 39.1 Å². The van der Waals surface area contributed by atoms with E-state index in [0.717, 1.165) is 10.5 Å². The molecule has 5 nitrogen and oxygen atoms in total. The minimum atomic E-state index is -3.73. The van der Waals surface area contributed by atoms with Crippen molar-refractivity contribution in [3.63, 3.8) is 0 Å². The van der Waals surface area contributed by atoms with Gasteiger partial charge in [0, 0.05) is 22.3 Å². The third kappa shape index (κ3) is 4.04. The van der Waals surface area contributed by atoms with Gasteiger partial charge >= 0.3 is 0 Å². The summed E-state index contributed by atoms with van der Waals surface area (Å²) in [7, 11) is -3.73. The van der Waals surface area contributed by atoms with Crippen molar-refractivity contribution in [3.8, 4) is 0 Å². The Kier molecular flexibility index (Phi) is 5.29. The lowest BCUT2D eigenvalue weighted by atomic mass is 10.0. The summed E-state index contributed by atoms with van der Waals surface area (Å²) in [6.45, 7) is 6.03. The van der Waals surface area contributed by atoms with Gasteiger partial charge in [0.2, 0.25) is 5.91 Å². The van der Waals surface area contributed by atoms with E-state index in [1.165, 1.54) is 6.07 Å². The first-order valence-electron chi connectivity index (χ1n) is 8.47. The quantitative estimate of drug-likeness (QED) is 0.816. The summed E-state index contributed by atoms with van der Waals surface area (Å²) in [5.74, 6) is 0.840. The maximum atomic E-state index is 12.7. The summed E-state index contributed by atoms with van der Waals surface area (Å²) in [5, 5.41) is 2.82. The molecule has 0 unspecified atom stereocenters. The summed E-state index contributed by atoms with van der Waals surface area (Å²) in [5.41, 5.74) is 2.20. The number of rotatable bonds is 4. The van der Waals surface area contributed by atoms with Gasteiger partial charge in [-0.1, -0.05) is 32.9 Å². The number of hydrogen-bond donors (Lipinski definition) is 2. The Hall–Kier alpha value is -1.99. The van der Waals surface area contributed by atoms with E-state index in [0.29, 0.717) is 23.0 Å². The fraction of sp³-hybridized carbons (Fsp3) is 0.316. The van der Waals surface area contributed by atoms with Crippen LogP contribution >= 0.6 is 11.8 Å². The van der Waals surface area contributed by atoms with Gasteiger partial charge in [0.25, 0.3) is 10.0 Å². The monoisotopic (exact) mass is 390 g/mol. The molecule has 0 saturated heterocycles. The number of thioether (sulfide) groups is 1. The van der Waals surface area contributed by atoms with Crippen LogP contribution in [0, 0.1) is 5.92 Å². The molecule has 0 aromatic heterocycles. The van der Waals surface area contributed by atoms with E-state index in [2.05, 4.69) is 23.9 Å². The predicted molar refractivity (Wildman–Crippen MR) is 106 cm³/mol. The van der Waals surface area contributed by atoms with E-state index in [1.807, 2.05) is 19.1 Å². The van der Waals surface area contributed by atoms with Crippen LogP contribution in [0.3, 0.4) is 0 Å². The smallest absolute Gasteiger partial charge is 0.261 e. The van der Waals surface area contributed by atoms with E-state index in [4.69, 9.17) is 0 Å². The second-order valence-electron chi connectivity index (χ2n) is 6.74. The maximum Gasteiger partial charge on any atom is 0.261 e. The number of nitrogens with one attached hydrogen (secondary N) is 2. The van der Waals surface area contributed by atoms with Crippen LogP contribution < -0.4 is 10.0 Å². The molecule has 1 heterocycles. The lowest BCUT2D eigenvalue weighted by Gasteiger charge is -2.12. The molecule has 2 N–H and O–H groups in total. The summed E-state index contributed by atoms with van der Waals surface area (Å²) in [6.07, 6.45) is 0. The molecule has 3 rings (SSSR count). The highest BCUT2D eigenvalue weighted by Gasteiger charge is 2.23. The number of carbonyl (C=O) groups is 1. The molecule has 0 spiro atoms. The Morgan fingerprint density at radius 1 is 1.15 bits per heavy atom. The molecule has 1 aliphatic rings. The lowest BCUT2D eigenvalue weighted by molar-refractivity contribution is -0.118. The molecule has 1 aliphatic heterocycles. The molecule has 2 aromatic carbocycles. The van der Waals surface area contributed by atoms with Gasteiger partial charge in [-0.15, -0.1) is 11.8 Å². The van der Waals surface area contributed by atoms with Crippen molar-refractivity contribution in [2.45, 2.75) is 36.5 Å². The molecule has 0 radical (unpaired) electrons. The highest BCUT2D eigenvalue weighted by Crippen LogP contribution is 2.34. The molecule has 26 heavy (non-hydrogen) atoms. The second kappa shape index (κ2) is 7.32. The highest BCUT2D eigenvalue weighted by molar-refractivity contribution is 7.99. The maximum absolute atomic E-state index is 12.7. The van der Waals surface area contributed by atoms with Gasteiger partial charge in [-0.25, -0.2) is 8.42 Å². The van der Waals surface area contributed by atoms with Crippen LogP contribution in [0.1, 0.15) is 32.3 Å². The number of sulfonamides is 1. The van der Waals surface area contributed by atoms with Gasteiger partial charge in [0.15, 0.2) is 0 Å². The van der Waals surface area contributed by atoms with E-state index in [-0.39, 0.29) is 16.7 Å². The zero-order valence-electron chi connectivity index (χ0n) is 14.9. The first kappa shape index (κ1) is 18.8. The summed E-state index contributed by atoms with van der Waals surface area (Å²) in [6, 6.07) is 12.2. The number of hydrogen-bond acceptors (Lipinski definition) is 4. The third-order valence-corrected chi connectivity index (χ3v) is 7.00. The average Bonchev–Trinajstić information content (AvgIpc) is 2.73. The molecular weight excluding hydrogens is 368 g/mol. The molecular formula is C19H22N2O3S2. The molecule has 138 valence electrons. The molecule has 7 heteroatoms. The van der Waals surface area contributed by atoms with Crippen LogP contribution in [-0.2, 0) is 14.8 Å². The summed E-state index contributed by atoms with van der Waals surface area (Å²) < 4.78 is 28.0. The number of fused-ring (bicyclic) bond motifs is 1. The van der Waals surface area contributed by atoms with E-state index in [9.17, 15) is 13.2 Å². The van der Waals surface area contributed by atoms with E-state index in [1.54, 1.807) is 36.0 Å². The summed E-state index contributed by atoms with van der Waals surface area (Å²) >= 11 is 1.55. The molecule has 2 aromatic rings. The number of benzene rings is 2. The Morgan fingerprint density at radius 3 is 2.50 bits per heavy atom. The standard InChI is InChI=1S/C19H22N2O3S2/c1-12(2)14-4-6-15(7-5-14)21-26(23,24)16-8-9-18-17(10-16)20-19(22)13(3)11-25-18/h4-10,12-13,21H,11H2,1-3H3,(H,20,22)/t13-/m1/s1. The Balaban J connectivity index is 1.86. The molecule has 0 bridgehead atoms. The zero-order chi connectivity index (χ0) is 18.9. The van der Waals surface area contributed by atoms with E-state index < -0.39 is 10.0 Å². The number of anilines is 2. The van der Waals surface area contributed by atoms with Crippen molar-refractivity contribution in [2.75, 3.05) is 15.8 Å². The summed E-state index contributed by atoms with van der Waals surface area (Å²) in [4.78, 5) is 13.0. The average molecular weight is 391 g/mol. The first-order valence-corrected chi connectivity index (χ1v) is 10.9. The normalized spacial score (nSPS) is 17.4. The third-order valence-electron chi connectivity index (χ3n) is 4.29. The minimum Gasteiger partial charge on any atom is -0.325 e. The SMILES string of the molecule is CC(C)c1ccc(NS(=O)(=O)c2ccc3c(c2)NC(=O)[C@H](C)CS3)cc1. The van der Waals surface area contributed by atoms with Crippen LogP contribution in [-0.4, -0.2) is 20.1 Å². The Bertz CT molecular complexity index is 922. The van der Waals surface area contributed by atoms with Gasteiger partial charge in [0.05, 0.1) is 10.6 Å². The van der Waals surface area contributed by atoms with Gasteiger partial charge < -0.3 is 5.32 Å². The van der Waals surface area contributed by atoms with Crippen molar-refractivity contribution in [3.05, 3.63) is 48.0 Å². The Morgan fingerprint density at radius 2 is 1.85 bits per heavy atom. The van der Waals surface area contributed by atoms with Crippen LogP contribution in [0.25, 0.3) is 0 Å². The topological polar surface area (TPSA) is 75.3 Å². The molecule has 0 saturated carbocycles. The number of carbonyl (C=O) groups excluding carboxylic acids is 1. The van der Waals surface area contributed by atoms with E-state index >= 15 is 0 Å². The second-order valence-corrected chi connectivity index (χ2v) is 9.49. The fourth-order valence-corrected chi connectivity index (χ4v) is 4.69. The number of amides is 1. The molecule has 0 aliphatic carbocycles. The van der Waals surface area contributed by atoms with Crippen molar-refractivity contribution < 1.29 is 13.2 Å². The van der Waals surface area contributed by atoms with Crippen LogP contribution in [0.4, 0.5) is 11.4 Å². The Labute approximate surface area is 158 Å². The van der Waals surface area contributed by atoms with Gasteiger partial charge in [-0.2, -0.15) is 0 Å².